The molecule has 1 nitrogen and oxygen atoms in total. The molecule has 0 spiro atoms. The Bertz CT molecular complexity index is 3590. The molecule has 0 aromatic heterocycles. The van der Waals surface area contributed by atoms with E-state index in [-0.39, 0.29) is 5.41 Å². The zero-order valence-corrected chi connectivity index (χ0v) is 38.3. The fraction of sp³-hybridized carbons (Fsp3) is 0.0448. The molecule has 12 rings (SSSR count). The normalized spacial score (nSPS) is 12.4. The van der Waals surface area contributed by atoms with E-state index in [1.54, 1.807) is 0 Å². The molecule has 0 radical (unpaired) electrons. The van der Waals surface area contributed by atoms with E-state index in [1.165, 1.54) is 77.5 Å². The molecule has 0 saturated heterocycles. The van der Waals surface area contributed by atoms with Crippen LogP contribution in [0.3, 0.4) is 0 Å². The number of benzene rings is 11. The quantitative estimate of drug-likeness (QED) is 0.140. The first-order valence-corrected chi connectivity index (χ1v) is 23.7. The molecule has 0 N–H and O–H groups in total. The molecular formula is C67H49N. The van der Waals surface area contributed by atoms with Crippen molar-refractivity contribution in [3.63, 3.8) is 0 Å². The molecule has 1 heteroatoms. The Kier molecular flexibility index (Phi) is 10.3. The fourth-order valence-electron chi connectivity index (χ4n) is 10.7. The van der Waals surface area contributed by atoms with Crippen LogP contribution in [0.2, 0.25) is 0 Å². The van der Waals surface area contributed by atoms with Crippen molar-refractivity contribution < 1.29 is 0 Å². The summed E-state index contributed by atoms with van der Waals surface area (Å²) in [6.45, 7) is 4.82. The molecule has 0 amide bonds. The van der Waals surface area contributed by atoms with Crippen LogP contribution in [0.25, 0.3) is 88.7 Å². The van der Waals surface area contributed by atoms with E-state index in [4.69, 9.17) is 0 Å². The van der Waals surface area contributed by atoms with E-state index < -0.39 is 0 Å². The van der Waals surface area contributed by atoms with Gasteiger partial charge in [0.1, 0.15) is 0 Å². The van der Waals surface area contributed by atoms with Gasteiger partial charge in [-0.1, -0.05) is 232 Å². The topological polar surface area (TPSA) is 3.24 Å². The number of anilines is 3. The van der Waals surface area contributed by atoms with E-state index in [2.05, 4.69) is 280 Å². The van der Waals surface area contributed by atoms with E-state index in [1.807, 2.05) is 0 Å². The standard InChI is InChI=1S/C67H49N/c1-67(2)62-45-54-28-16-15-27-53(54)44-61(62)59-31-17-30-58(66(59)67)57-29-18-32-64(65(57)52-25-13-6-14-26-52)68(56-40-37-49(38-41-56)47-21-9-4-10-22-47)63-42-39-55(43-60(63)51-23-11-5-12-24-51)50-35-33-48(34-36-50)46-19-7-3-8-20-46/h3-45H,1-2H3. The number of rotatable bonds is 9. The summed E-state index contributed by atoms with van der Waals surface area (Å²) < 4.78 is 0. The third-order valence-electron chi connectivity index (χ3n) is 14.1. The van der Waals surface area contributed by atoms with Gasteiger partial charge in [0, 0.05) is 22.2 Å². The summed E-state index contributed by atoms with van der Waals surface area (Å²) in [5.41, 5.74) is 22.7. The second-order valence-electron chi connectivity index (χ2n) is 18.5. The van der Waals surface area contributed by atoms with Crippen molar-refractivity contribution in [2.45, 2.75) is 19.3 Å². The van der Waals surface area contributed by atoms with Gasteiger partial charge in [-0.15, -0.1) is 0 Å². The first kappa shape index (κ1) is 40.9. The lowest BCUT2D eigenvalue weighted by molar-refractivity contribution is 0.663. The molecule has 0 heterocycles. The van der Waals surface area contributed by atoms with E-state index in [0.717, 1.165) is 39.3 Å². The molecule has 0 saturated carbocycles. The van der Waals surface area contributed by atoms with Gasteiger partial charge < -0.3 is 4.90 Å². The van der Waals surface area contributed by atoms with Crippen molar-refractivity contribution in [2.24, 2.45) is 0 Å². The third kappa shape index (κ3) is 7.21. The maximum Gasteiger partial charge on any atom is 0.0546 e. The van der Waals surface area contributed by atoms with Gasteiger partial charge in [-0.2, -0.15) is 0 Å². The Labute approximate surface area is 399 Å². The highest BCUT2D eigenvalue weighted by molar-refractivity contribution is 6.03. The molecule has 68 heavy (non-hydrogen) atoms. The van der Waals surface area contributed by atoms with Crippen LogP contribution in [0.4, 0.5) is 17.1 Å². The lowest BCUT2D eigenvalue weighted by Crippen LogP contribution is -2.17. The SMILES string of the molecule is CC1(C)c2cc3ccccc3cc2-c2cccc(-c3cccc(N(c4ccc(-c5ccccc5)cc4)c4ccc(-c5ccc(-c6ccccc6)cc5)cc4-c4ccccc4)c3-c3ccccc3)c21. The lowest BCUT2D eigenvalue weighted by atomic mass is 9.77. The number of nitrogens with zero attached hydrogens (tertiary/aromatic N) is 1. The fourth-order valence-corrected chi connectivity index (χ4v) is 10.7. The Morgan fingerprint density at radius 2 is 0.721 bits per heavy atom. The minimum absolute atomic E-state index is 0.238. The highest BCUT2D eigenvalue weighted by Crippen LogP contribution is 2.56. The van der Waals surface area contributed by atoms with Crippen molar-refractivity contribution >= 4 is 27.8 Å². The maximum absolute atomic E-state index is 2.50. The zero-order valence-electron chi connectivity index (χ0n) is 38.3. The van der Waals surface area contributed by atoms with Crippen molar-refractivity contribution in [1.29, 1.82) is 0 Å². The zero-order chi connectivity index (χ0) is 45.6. The summed E-state index contributed by atoms with van der Waals surface area (Å²) in [4.78, 5) is 2.50. The van der Waals surface area contributed by atoms with Crippen molar-refractivity contribution in [1.82, 2.24) is 0 Å². The first-order chi connectivity index (χ1) is 33.5. The summed E-state index contributed by atoms with van der Waals surface area (Å²) in [6.07, 6.45) is 0. The Morgan fingerprint density at radius 3 is 1.32 bits per heavy atom. The van der Waals surface area contributed by atoms with Crippen molar-refractivity contribution in [3.05, 3.63) is 272 Å². The number of fused-ring (bicyclic) bond motifs is 4. The Morgan fingerprint density at radius 1 is 0.279 bits per heavy atom. The highest BCUT2D eigenvalue weighted by atomic mass is 15.1. The van der Waals surface area contributed by atoms with Crippen LogP contribution in [-0.4, -0.2) is 0 Å². The average Bonchev–Trinajstić information content (AvgIpc) is 3.64. The van der Waals surface area contributed by atoms with Gasteiger partial charge in [0.2, 0.25) is 0 Å². The molecule has 0 bridgehead atoms. The molecule has 0 fully saturated rings. The molecule has 0 atom stereocenters. The predicted octanol–water partition coefficient (Wildman–Crippen LogP) is 18.6. The second kappa shape index (κ2) is 17.0. The smallest absolute Gasteiger partial charge is 0.0546 e. The number of hydrogen-bond donors (Lipinski definition) is 0. The van der Waals surface area contributed by atoms with Gasteiger partial charge in [-0.05, 0) is 131 Å². The second-order valence-corrected chi connectivity index (χ2v) is 18.5. The van der Waals surface area contributed by atoms with Crippen LogP contribution >= 0.6 is 0 Å². The highest BCUT2D eigenvalue weighted by Gasteiger charge is 2.38. The predicted molar refractivity (Wildman–Crippen MR) is 289 cm³/mol. The summed E-state index contributed by atoms with van der Waals surface area (Å²) in [6, 6.07) is 95.7. The monoisotopic (exact) mass is 867 g/mol. The molecule has 0 aliphatic heterocycles. The van der Waals surface area contributed by atoms with E-state index >= 15 is 0 Å². The lowest BCUT2D eigenvalue weighted by Gasteiger charge is -2.32. The maximum atomic E-state index is 2.50. The molecule has 11 aromatic carbocycles. The van der Waals surface area contributed by atoms with Crippen molar-refractivity contribution in [2.75, 3.05) is 4.90 Å². The largest absolute Gasteiger partial charge is 0.309 e. The minimum atomic E-state index is -0.238. The Balaban J connectivity index is 1.09. The van der Waals surface area contributed by atoms with Gasteiger partial charge >= 0.3 is 0 Å². The molecule has 0 unspecified atom stereocenters. The van der Waals surface area contributed by atoms with Crippen LogP contribution in [0.1, 0.15) is 25.0 Å². The number of hydrogen-bond acceptors (Lipinski definition) is 1. The first-order valence-electron chi connectivity index (χ1n) is 23.7. The molecule has 322 valence electrons. The molecule has 1 aliphatic carbocycles. The summed E-state index contributed by atoms with van der Waals surface area (Å²) in [7, 11) is 0. The van der Waals surface area contributed by atoms with E-state index in [0.29, 0.717) is 0 Å². The van der Waals surface area contributed by atoms with Crippen LogP contribution in [0.15, 0.2) is 261 Å². The van der Waals surface area contributed by atoms with Gasteiger partial charge in [0.25, 0.3) is 0 Å². The van der Waals surface area contributed by atoms with Crippen LogP contribution in [-0.2, 0) is 5.41 Å². The summed E-state index contributed by atoms with van der Waals surface area (Å²) >= 11 is 0. The summed E-state index contributed by atoms with van der Waals surface area (Å²) in [5.74, 6) is 0. The van der Waals surface area contributed by atoms with Crippen molar-refractivity contribution in [3.8, 4) is 77.9 Å². The molecule has 11 aromatic rings. The molecule has 1 aliphatic rings. The van der Waals surface area contributed by atoms with Crippen LogP contribution in [0.5, 0.6) is 0 Å². The van der Waals surface area contributed by atoms with Gasteiger partial charge in [0.15, 0.2) is 0 Å². The Hall–Kier alpha value is -8.52. The minimum Gasteiger partial charge on any atom is -0.309 e. The van der Waals surface area contributed by atoms with Crippen LogP contribution in [0, 0.1) is 0 Å². The van der Waals surface area contributed by atoms with E-state index in [9.17, 15) is 0 Å². The van der Waals surface area contributed by atoms with Crippen LogP contribution < -0.4 is 4.90 Å². The third-order valence-corrected chi connectivity index (χ3v) is 14.1. The van der Waals surface area contributed by atoms with Gasteiger partial charge in [-0.3, -0.25) is 0 Å². The summed E-state index contributed by atoms with van der Waals surface area (Å²) in [5, 5.41) is 2.55. The average molecular weight is 868 g/mol. The van der Waals surface area contributed by atoms with Gasteiger partial charge in [0.05, 0.1) is 11.4 Å². The molecular weight excluding hydrogens is 819 g/mol. The van der Waals surface area contributed by atoms with Gasteiger partial charge in [-0.25, -0.2) is 0 Å².